The molecule has 19 heavy (non-hydrogen) atoms. The van der Waals surface area contributed by atoms with E-state index < -0.39 is 0 Å². The van der Waals surface area contributed by atoms with Gasteiger partial charge >= 0.3 is 0 Å². The summed E-state index contributed by atoms with van der Waals surface area (Å²) in [5.74, 6) is 0.800. The van der Waals surface area contributed by atoms with E-state index in [0.29, 0.717) is 34.0 Å². The number of nitrogens with zero attached hydrogens (tertiary/aromatic N) is 4. The van der Waals surface area contributed by atoms with Crippen molar-refractivity contribution in [2.24, 2.45) is 0 Å². The van der Waals surface area contributed by atoms with E-state index in [-0.39, 0.29) is 0 Å². The van der Waals surface area contributed by atoms with Crippen molar-refractivity contribution >= 4 is 16.9 Å². The summed E-state index contributed by atoms with van der Waals surface area (Å²) in [5.41, 5.74) is 9.40. The van der Waals surface area contributed by atoms with Gasteiger partial charge in [0.2, 0.25) is 0 Å². The lowest BCUT2D eigenvalue weighted by Crippen LogP contribution is -1.99. The number of aromatic amines is 1. The maximum Gasteiger partial charge on any atom is 0.166 e. The number of aryl methyl sites for hydroxylation is 1. The van der Waals surface area contributed by atoms with Crippen molar-refractivity contribution in [2.45, 2.75) is 6.92 Å². The van der Waals surface area contributed by atoms with Gasteiger partial charge < -0.3 is 10.5 Å². The highest BCUT2D eigenvalue weighted by atomic mass is 16.5. The Labute approximate surface area is 108 Å². The highest BCUT2D eigenvalue weighted by Gasteiger charge is 2.13. The molecule has 0 unspecified atom stereocenters. The van der Waals surface area contributed by atoms with Gasteiger partial charge in [-0.15, -0.1) is 0 Å². The quantitative estimate of drug-likeness (QED) is 0.716. The first-order valence-electron chi connectivity index (χ1n) is 5.66. The van der Waals surface area contributed by atoms with Gasteiger partial charge in [-0.2, -0.15) is 5.10 Å². The molecule has 0 aliphatic heterocycles. The zero-order valence-electron chi connectivity index (χ0n) is 10.5. The van der Waals surface area contributed by atoms with Gasteiger partial charge in [0.1, 0.15) is 23.2 Å². The van der Waals surface area contributed by atoms with E-state index in [2.05, 4.69) is 25.1 Å². The Bertz CT molecular complexity index is 751. The molecule has 3 rings (SSSR count). The Morgan fingerprint density at radius 2 is 2.11 bits per heavy atom. The average Bonchev–Trinajstić information content (AvgIpc) is 2.84. The number of aromatic nitrogens is 5. The van der Waals surface area contributed by atoms with E-state index in [4.69, 9.17) is 10.5 Å². The minimum atomic E-state index is 0.304. The molecule has 7 nitrogen and oxygen atoms in total. The van der Waals surface area contributed by atoms with Crippen molar-refractivity contribution in [1.82, 2.24) is 25.1 Å². The topological polar surface area (TPSA) is 103 Å². The number of anilines is 1. The van der Waals surface area contributed by atoms with Crippen LogP contribution in [0.2, 0.25) is 0 Å². The number of H-pyrrole nitrogens is 1. The molecule has 0 saturated carbocycles. The first-order valence-corrected chi connectivity index (χ1v) is 5.66. The number of ether oxygens (including phenoxy) is 1. The van der Waals surface area contributed by atoms with E-state index in [1.165, 1.54) is 6.33 Å². The number of hydrogen-bond donors (Lipinski definition) is 2. The van der Waals surface area contributed by atoms with Gasteiger partial charge in [0.05, 0.1) is 12.6 Å². The lowest BCUT2D eigenvalue weighted by atomic mass is 10.2. The van der Waals surface area contributed by atoms with Crippen LogP contribution in [0.4, 0.5) is 5.82 Å². The number of methoxy groups -OCH3 is 1. The van der Waals surface area contributed by atoms with Gasteiger partial charge in [-0.25, -0.2) is 15.0 Å². The second-order valence-corrected chi connectivity index (χ2v) is 4.10. The second-order valence-electron chi connectivity index (χ2n) is 4.10. The van der Waals surface area contributed by atoms with Crippen LogP contribution in [0.25, 0.3) is 22.4 Å². The Kier molecular flexibility index (Phi) is 2.52. The molecule has 0 aromatic carbocycles. The predicted octanol–water partition coefficient (Wildman–Crippen LogP) is 1.31. The summed E-state index contributed by atoms with van der Waals surface area (Å²) in [5, 5.41) is 7.06. The first kappa shape index (κ1) is 11.4. The zero-order valence-corrected chi connectivity index (χ0v) is 10.5. The van der Waals surface area contributed by atoms with Crippen LogP contribution in [0.1, 0.15) is 5.69 Å². The summed E-state index contributed by atoms with van der Waals surface area (Å²) in [6.07, 6.45) is 1.47. The summed E-state index contributed by atoms with van der Waals surface area (Å²) in [7, 11) is 1.54. The van der Waals surface area contributed by atoms with E-state index in [1.54, 1.807) is 13.2 Å². The van der Waals surface area contributed by atoms with E-state index in [0.717, 1.165) is 5.69 Å². The molecule has 0 atom stereocenters. The number of pyridine rings is 1. The third kappa shape index (κ3) is 1.85. The van der Waals surface area contributed by atoms with Crippen LogP contribution in [0.5, 0.6) is 5.75 Å². The number of nitrogen functional groups attached to an aromatic ring is 1. The summed E-state index contributed by atoms with van der Waals surface area (Å²) >= 11 is 0. The molecule has 0 fully saturated rings. The fraction of sp³-hybridized carbons (Fsp3) is 0.167. The van der Waals surface area contributed by atoms with Crippen molar-refractivity contribution < 1.29 is 4.74 Å². The third-order valence-corrected chi connectivity index (χ3v) is 2.77. The summed E-state index contributed by atoms with van der Waals surface area (Å²) in [4.78, 5) is 12.7. The van der Waals surface area contributed by atoms with Crippen molar-refractivity contribution in [2.75, 3.05) is 12.8 Å². The molecule has 0 aliphatic rings. The maximum absolute atomic E-state index is 5.83. The standard InChI is InChI=1S/C12H12N6O/c1-6-3-8(18-17-6)10-11-7(14-5-15-10)4-9(19-2)12(13)16-11/h3-5H,1-2H3,(H2,13,16)(H,17,18). The fourth-order valence-electron chi connectivity index (χ4n) is 1.87. The lowest BCUT2D eigenvalue weighted by Gasteiger charge is -2.06. The van der Waals surface area contributed by atoms with Crippen molar-refractivity contribution in [1.29, 1.82) is 0 Å². The Morgan fingerprint density at radius 1 is 1.26 bits per heavy atom. The van der Waals surface area contributed by atoms with E-state index in [1.807, 2.05) is 13.0 Å². The molecular weight excluding hydrogens is 244 g/mol. The van der Waals surface area contributed by atoms with Gasteiger partial charge in [-0.1, -0.05) is 0 Å². The molecule has 0 radical (unpaired) electrons. The number of hydrogen-bond acceptors (Lipinski definition) is 6. The Balaban J connectivity index is 2.29. The van der Waals surface area contributed by atoms with Gasteiger partial charge in [0, 0.05) is 11.8 Å². The minimum absolute atomic E-state index is 0.304. The number of nitrogens with two attached hydrogens (primary N) is 1. The van der Waals surface area contributed by atoms with Gasteiger partial charge in [-0.3, -0.25) is 5.10 Å². The molecular formula is C12H12N6O. The SMILES string of the molecule is COc1cc2ncnc(-c3cc(C)[nH]n3)c2nc1N. The van der Waals surface area contributed by atoms with Crippen LogP contribution in [0.3, 0.4) is 0 Å². The third-order valence-electron chi connectivity index (χ3n) is 2.77. The number of nitrogens with one attached hydrogen (secondary N) is 1. The normalized spacial score (nSPS) is 10.8. The molecule has 96 valence electrons. The van der Waals surface area contributed by atoms with Crippen LogP contribution in [0.15, 0.2) is 18.5 Å². The first-order chi connectivity index (χ1) is 9.19. The Hall–Kier alpha value is -2.70. The summed E-state index contributed by atoms with van der Waals surface area (Å²) in [6, 6.07) is 3.63. The smallest absolute Gasteiger partial charge is 0.166 e. The molecule has 0 spiro atoms. The van der Waals surface area contributed by atoms with E-state index in [9.17, 15) is 0 Å². The number of fused-ring (bicyclic) bond motifs is 1. The molecule has 0 aliphatic carbocycles. The monoisotopic (exact) mass is 256 g/mol. The highest BCUT2D eigenvalue weighted by Crippen LogP contribution is 2.28. The van der Waals surface area contributed by atoms with Crippen LogP contribution in [-0.4, -0.2) is 32.3 Å². The second kappa shape index (κ2) is 4.20. The molecule has 0 bridgehead atoms. The van der Waals surface area contributed by atoms with Gasteiger partial charge in [-0.05, 0) is 13.0 Å². The average molecular weight is 256 g/mol. The van der Waals surface area contributed by atoms with Crippen LogP contribution in [0, 0.1) is 6.92 Å². The minimum Gasteiger partial charge on any atom is -0.493 e. The van der Waals surface area contributed by atoms with E-state index >= 15 is 0 Å². The molecule has 3 heterocycles. The number of rotatable bonds is 2. The van der Waals surface area contributed by atoms with Crippen molar-refractivity contribution in [3.8, 4) is 17.1 Å². The zero-order chi connectivity index (χ0) is 13.4. The molecule has 3 aromatic heterocycles. The largest absolute Gasteiger partial charge is 0.493 e. The fourth-order valence-corrected chi connectivity index (χ4v) is 1.87. The summed E-state index contributed by atoms with van der Waals surface area (Å²) < 4.78 is 5.13. The van der Waals surface area contributed by atoms with Crippen LogP contribution < -0.4 is 10.5 Å². The molecule has 3 N–H and O–H groups in total. The highest BCUT2D eigenvalue weighted by molar-refractivity contribution is 5.89. The molecule has 3 aromatic rings. The molecule has 0 saturated heterocycles. The Morgan fingerprint density at radius 3 is 2.79 bits per heavy atom. The maximum atomic E-state index is 5.83. The van der Waals surface area contributed by atoms with Crippen LogP contribution >= 0.6 is 0 Å². The van der Waals surface area contributed by atoms with Gasteiger partial charge in [0.25, 0.3) is 0 Å². The van der Waals surface area contributed by atoms with Crippen LogP contribution in [-0.2, 0) is 0 Å². The molecule has 0 amide bonds. The summed E-state index contributed by atoms with van der Waals surface area (Å²) in [6.45, 7) is 1.92. The van der Waals surface area contributed by atoms with Gasteiger partial charge in [0.15, 0.2) is 11.6 Å². The van der Waals surface area contributed by atoms with Crippen molar-refractivity contribution in [3.05, 3.63) is 24.2 Å². The molecule has 7 heteroatoms. The predicted molar refractivity (Wildman–Crippen MR) is 70.6 cm³/mol. The lowest BCUT2D eigenvalue weighted by molar-refractivity contribution is 0.416. The van der Waals surface area contributed by atoms with Crippen molar-refractivity contribution in [3.63, 3.8) is 0 Å².